The van der Waals surface area contributed by atoms with E-state index in [1.165, 1.54) is 0 Å². The van der Waals surface area contributed by atoms with Gasteiger partial charge in [-0.3, -0.25) is 14.5 Å². The van der Waals surface area contributed by atoms with Gasteiger partial charge in [0.2, 0.25) is 0 Å². The van der Waals surface area contributed by atoms with Gasteiger partial charge in [0.05, 0.1) is 28.2 Å². The number of hydrogen-bond acceptors (Lipinski definition) is 4. The van der Waals surface area contributed by atoms with E-state index in [9.17, 15) is 14.7 Å². The maximum Gasteiger partial charge on any atom is 0.264 e. The average molecular weight is 465 g/mol. The van der Waals surface area contributed by atoms with Crippen molar-refractivity contribution in [3.05, 3.63) is 59.7 Å². The van der Waals surface area contributed by atoms with E-state index in [-0.39, 0.29) is 0 Å². The normalized spacial score (nSPS) is 13.6. The first-order valence-electron chi connectivity index (χ1n) is 12.0. The summed E-state index contributed by atoms with van der Waals surface area (Å²) in [5.41, 5.74) is 4.60. The number of aliphatic hydroxyl groups is 1. The van der Waals surface area contributed by atoms with Gasteiger partial charge in [0.1, 0.15) is 6.73 Å². The highest BCUT2D eigenvalue weighted by atomic mass is 16.3. The van der Waals surface area contributed by atoms with Gasteiger partial charge in [-0.2, -0.15) is 5.26 Å². The molecular weight excluding hydrogens is 440 g/mol. The molecule has 0 unspecified atom stereocenters. The van der Waals surface area contributed by atoms with Crippen molar-refractivity contribution < 1.29 is 14.7 Å². The van der Waals surface area contributed by atoms with Crippen LogP contribution in [0.3, 0.4) is 0 Å². The van der Waals surface area contributed by atoms with Crippen molar-refractivity contribution in [1.82, 2.24) is 14.0 Å². The molecule has 35 heavy (non-hydrogen) atoms. The van der Waals surface area contributed by atoms with Crippen molar-refractivity contribution in [2.24, 2.45) is 0 Å². The van der Waals surface area contributed by atoms with Crippen LogP contribution in [0.15, 0.2) is 48.5 Å². The van der Waals surface area contributed by atoms with Crippen LogP contribution < -0.4 is 0 Å². The second-order valence-electron chi connectivity index (χ2n) is 8.92. The average Bonchev–Trinajstić information content (AvgIpc) is 3.47. The lowest BCUT2D eigenvalue weighted by atomic mass is 9.96. The molecule has 0 fully saturated rings. The molecule has 0 radical (unpaired) electrons. The SMILES string of the molecule is CCn1c2ccccc2c2c3c(c4c5ccccc5n(CCCCC#N)c4c21)C(=O)N(CO)C3=O. The van der Waals surface area contributed by atoms with E-state index in [4.69, 9.17) is 5.26 Å². The van der Waals surface area contributed by atoms with Crippen molar-refractivity contribution in [2.45, 2.75) is 39.3 Å². The third-order valence-corrected chi connectivity index (χ3v) is 7.21. The fourth-order valence-corrected chi connectivity index (χ4v) is 5.81. The van der Waals surface area contributed by atoms with Gasteiger partial charge >= 0.3 is 0 Å². The summed E-state index contributed by atoms with van der Waals surface area (Å²) < 4.78 is 4.46. The third-order valence-electron chi connectivity index (χ3n) is 7.21. The number of unbranched alkanes of at least 4 members (excludes halogenated alkanes) is 2. The van der Waals surface area contributed by atoms with Crippen molar-refractivity contribution >= 4 is 55.4 Å². The molecule has 0 atom stereocenters. The van der Waals surface area contributed by atoms with Crippen molar-refractivity contribution in [2.75, 3.05) is 6.73 Å². The molecule has 2 aromatic heterocycles. The Hall–Kier alpha value is -4.15. The summed E-state index contributed by atoms with van der Waals surface area (Å²) in [5, 5.41) is 22.3. The smallest absolute Gasteiger partial charge is 0.264 e. The van der Waals surface area contributed by atoms with Gasteiger partial charge in [-0.1, -0.05) is 36.4 Å². The third kappa shape index (κ3) is 2.74. The standard InChI is InChI=1S/C28H24N4O3/c1-2-30-19-12-6-4-10-17(19)21-23-24(28(35)32(16-33)27(23)34)22-18-11-5-7-13-20(18)31(26(22)25(21)30)15-9-3-8-14-29/h4-7,10-13,33H,2-3,8-9,15-16H2,1H3. The number of amides is 2. The predicted octanol–water partition coefficient (Wildman–Crippen LogP) is 5.16. The number of imide groups is 1. The zero-order valence-corrected chi connectivity index (χ0v) is 19.4. The van der Waals surface area contributed by atoms with Crippen LogP contribution in [0.1, 0.15) is 46.9 Å². The second kappa shape index (κ2) is 7.97. The molecule has 0 spiro atoms. The number of carbonyl (C=O) groups is 2. The number of para-hydroxylation sites is 2. The molecule has 0 bridgehead atoms. The van der Waals surface area contributed by atoms with Gasteiger partial charge in [-0.15, -0.1) is 0 Å². The zero-order chi connectivity index (χ0) is 24.3. The minimum atomic E-state index is -0.658. The topological polar surface area (TPSA) is 91.3 Å². The first-order valence-corrected chi connectivity index (χ1v) is 12.0. The molecule has 3 aromatic carbocycles. The van der Waals surface area contributed by atoms with Crippen LogP contribution in [-0.4, -0.2) is 37.7 Å². The molecule has 0 aliphatic carbocycles. The molecule has 1 aliphatic rings. The minimum absolute atomic E-state index is 0.373. The Morgan fingerprint density at radius 3 is 1.91 bits per heavy atom. The highest BCUT2D eigenvalue weighted by molar-refractivity contribution is 6.39. The molecule has 1 aliphatic heterocycles. The summed E-state index contributed by atoms with van der Waals surface area (Å²) in [6.07, 6.45) is 2.10. The number of aryl methyl sites for hydroxylation is 2. The van der Waals surface area contributed by atoms with Crippen LogP contribution in [-0.2, 0) is 13.1 Å². The molecule has 0 saturated carbocycles. The first kappa shape index (κ1) is 21.4. The van der Waals surface area contributed by atoms with Crippen LogP contribution in [0.25, 0.3) is 43.6 Å². The first-order chi connectivity index (χ1) is 17.1. The lowest BCUT2D eigenvalue weighted by Gasteiger charge is -2.12. The number of aromatic nitrogens is 2. The number of nitrogens with zero attached hydrogens (tertiary/aromatic N) is 4. The highest BCUT2D eigenvalue weighted by Gasteiger charge is 2.41. The number of fused-ring (bicyclic) bond motifs is 10. The van der Waals surface area contributed by atoms with Gasteiger partial charge in [-0.05, 0) is 31.9 Å². The quantitative estimate of drug-likeness (QED) is 0.277. The summed E-state index contributed by atoms with van der Waals surface area (Å²) in [6, 6.07) is 18.1. The Kier molecular flexibility index (Phi) is 4.87. The predicted molar refractivity (Wildman–Crippen MR) is 135 cm³/mol. The number of nitriles is 1. The number of rotatable bonds is 6. The summed E-state index contributed by atoms with van der Waals surface area (Å²) >= 11 is 0. The van der Waals surface area contributed by atoms with E-state index < -0.39 is 18.5 Å². The van der Waals surface area contributed by atoms with Gasteiger partial charge < -0.3 is 14.2 Å². The molecular formula is C28H24N4O3. The van der Waals surface area contributed by atoms with Crippen molar-refractivity contribution in [3.63, 3.8) is 0 Å². The summed E-state index contributed by atoms with van der Waals surface area (Å²) in [6.45, 7) is 2.81. The Labute approximate surface area is 201 Å². The fraction of sp³-hybridized carbons (Fsp3) is 0.250. The van der Waals surface area contributed by atoms with Gasteiger partial charge in [0, 0.05) is 52.1 Å². The van der Waals surface area contributed by atoms with Gasteiger partial charge in [-0.25, -0.2) is 0 Å². The van der Waals surface area contributed by atoms with E-state index in [1.807, 2.05) is 48.5 Å². The van der Waals surface area contributed by atoms with Crippen LogP contribution >= 0.6 is 0 Å². The van der Waals surface area contributed by atoms with E-state index in [0.29, 0.717) is 30.6 Å². The van der Waals surface area contributed by atoms with Crippen LogP contribution in [0.5, 0.6) is 0 Å². The Balaban J connectivity index is 1.87. The molecule has 3 heterocycles. The van der Waals surface area contributed by atoms with Crippen LogP contribution in [0.4, 0.5) is 0 Å². The monoisotopic (exact) mass is 464 g/mol. The summed E-state index contributed by atoms with van der Waals surface area (Å²) in [5.74, 6) is -0.913. The molecule has 7 nitrogen and oxygen atoms in total. The molecule has 0 saturated heterocycles. The van der Waals surface area contributed by atoms with Crippen molar-refractivity contribution in [1.29, 1.82) is 5.26 Å². The maximum atomic E-state index is 13.6. The Bertz CT molecular complexity index is 1730. The van der Waals surface area contributed by atoms with Crippen molar-refractivity contribution in [3.8, 4) is 6.07 Å². The zero-order valence-electron chi connectivity index (χ0n) is 19.4. The number of hydrogen-bond donors (Lipinski definition) is 1. The van der Waals surface area contributed by atoms with Gasteiger partial charge in [0.25, 0.3) is 11.8 Å². The van der Waals surface area contributed by atoms with E-state index in [2.05, 4.69) is 22.1 Å². The number of carbonyl (C=O) groups excluding carboxylic acids is 2. The van der Waals surface area contributed by atoms with E-state index in [0.717, 1.165) is 61.4 Å². The summed E-state index contributed by atoms with van der Waals surface area (Å²) in [4.78, 5) is 28.0. The Morgan fingerprint density at radius 2 is 1.37 bits per heavy atom. The molecule has 7 heteroatoms. The number of benzene rings is 3. The Morgan fingerprint density at radius 1 is 0.829 bits per heavy atom. The molecule has 6 rings (SSSR count). The minimum Gasteiger partial charge on any atom is -0.376 e. The molecule has 1 N–H and O–H groups in total. The second-order valence-corrected chi connectivity index (χ2v) is 8.92. The fourth-order valence-electron chi connectivity index (χ4n) is 5.81. The van der Waals surface area contributed by atoms with E-state index in [1.54, 1.807) is 0 Å². The van der Waals surface area contributed by atoms with Crippen LogP contribution in [0.2, 0.25) is 0 Å². The van der Waals surface area contributed by atoms with Crippen LogP contribution in [0, 0.1) is 11.3 Å². The van der Waals surface area contributed by atoms with E-state index >= 15 is 0 Å². The lowest BCUT2D eigenvalue weighted by Crippen LogP contribution is -2.30. The molecule has 174 valence electrons. The number of aliphatic hydroxyl groups excluding tert-OH is 1. The maximum absolute atomic E-state index is 13.6. The largest absolute Gasteiger partial charge is 0.376 e. The molecule has 2 amide bonds. The lowest BCUT2D eigenvalue weighted by molar-refractivity contribution is 0.0491. The molecule has 5 aromatic rings. The summed E-state index contributed by atoms with van der Waals surface area (Å²) in [7, 11) is 0. The highest BCUT2D eigenvalue weighted by Crippen LogP contribution is 2.46. The van der Waals surface area contributed by atoms with Gasteiger partial charge in [0.15, 0.2) is 0 Å².